The maximum Gasteiger partial charge on any atom is 0.274 e. The van der Waals surface area contributed by atoms with Gasteiger partial charge in [-0.25, -0.2) is 9.75 Å². The molecule has 1 fully saturated rings. The molecule has 1 saturated heterocycles. The van der Waals surface area contributed by atoms with E-state index in [1.54, 1.807) is 17.3 Å². The van der Waals surface area contributed by atoms with Crippen molar-refractivity contribution < 1.29 is 4.74 Å². The molecule has 1 atom stereocenters. The molecule has 2 heterocycles. The molecule has 0 amide bonds. The molecule has 4 N–H and O–H groups in total. The average molecular weight is 211 g/mol. The van der Waals surface area contributed by atoms with Gasteiger partial charge in [-0.3, -0.25) is 16.5 Å². The molecule has 1 unspecified atom stereocenters. The summed E-state index contributed by atoms with van der Waals surface area (Å²) >= 11 is 0. The smallest absolute Gasteiger partial charge is 0.274 e. The Morgan fingerprint density at radius 2 is 2.00 bits per heavy atom. The van der Waals surface area contributed by atoms with Gasteiger partial charge >= 0.3 is 0 Å². The van der Waals surface area contributed by atoms with Crippen molar-refractivity contribution in [2.75, 3.05) is 13.1 Å². The first kappa shape index (κ1) is 10.3. The summed E-state index contributed by atoms with van der Waals surface area (Å²) in [5.41, 5.74) is 11.3. The topological polar surface area (TPSA) is 84.6 Å². The van der Waals surface area contributed by atoms with Gasteiger partial charge in [0.2, 0.25) is 6.29 Å². The minimum Gasteiger partial charge on any atom is -0.713 e. The molecule has 6 heteroatoms. The predicted molar refractivity (Wildman–Crippen MR) is 57.2 cm³/mol. The van der Waals surface area contributed by atoms with E-state index in [0.29, 0.717) is 4.74 Å². The zero-order valence-corrected chi connectivity index (χ0v) is 8.67. The molecule has 2 aliphatic rings. The minimum absolute atomic E-state index is 0.163. The molecule has 0 radical (unpaired) electrons. The van der Waals surface area contributed by atoms with E-state index < -0.39 is 6.29 Å². The SMILES string of the molecule is NC1=[N+]([O-])C(N)N(N2CCCCC2)C=C1. The van der Waals surface area contributed by atoms with Crippen LogP contribution in [0.25, 0.3) is 0 Å². The standard InChI is InChI=1S/C9H17N5O/c10-8-4-7-13(9(11)14(8)15)12-5-2-1-3-6-12/h4,7,9H,1-3,5-6,10-11H2. The second-order valence-electron chi connectivity index (χ2n) is 3.87. The van der Waals surface area contributed by atoms with Gasteiger partial charge in [-0.05, 0) is 12.8 Å². The third-order valence-electron chi connectivity index (χ3n) is 2.82. The Labute approximate surface area is 89.0 Å². The molecule has 0 spiro atoms. The van der Waals surface area contributed by atoms with Gasteiger partial charge in [-0.2, -0.15) is 0 Å². The second-order valence-corrected chi connectivity index (χ2v) is 3.87. The van der Waals surface area contributed by atoms with Crippen molar-refractivity contribution >= 4 is 5.84 Å². The largest absolute Gasteiger partial charge is 0.713 e. The molecule has 15 heavy (non-hydrogen) atoms. The van der Waals surface area contributed by atoms with Crippen LogP contribution in [0.1, 0.15) is 19.3 Å². The van der Waals surface area contributed by atoms with Gasteiger partial charge in [0.05, 0.1) is 0 Å². The Morgan fingerprint density at radius 3 is 2.67 bits per heavy atom. The normalized spacial score (nSPS) is 28.6. The predicted octanol–water partition coefficient (Wildman–Crippen LogP) is -0.674. The molecule has 84 valence electrons. The van der Waals surface area contributed by atoms with E-state index in [0.717, 1.165) is 25.9 Å². The van der Waals surface area contributed by atoms with Crippen LogP contribution in [0.2, 0.25) is 0 Å². The van der Waals surface area contributed by atoms with E-state index in [4.69, 9.17) is 11.5 Å². The van der Waals surface area contributed by atoms with Gasteiger partial charge < -0.3 is 5.21 Å². The van der Waals surface area contributed by atoms with Crippen molar-refractivity contribution in [3.8, 4) is 0 Å². The Kier molecular flexibility index (Phi) is 2.79. The van der Waals surface area contributed by atoms with Gasteiger partial charge in [0.25, 0.3) is 5.84 Å². The molecule has 0 aliphatic carbocycles. The first-order valence-electron chi connectivity index (χ1n) is 5.26. The Balaban J connectivity index is 2.08. The maximum atomic E-state index is 11.5. The van der Waals surface area contributed by atoms with Gasteiger partial charge in [0, 0.05) is 25.4 Å². The lowest BCUT2D eigenvalue weighted by molar-refractivity contribution is -0.541. The van der Waals surface area contributed by atoms with Crippen LogP contribution in [0.15, 0.2) is 12.3 Å². The van der Waals surface area contributed by atoms with E-state index in [2.05, 4.69) is 5.01 Å². The Bertz CT molecular complexity index is 295. The quantitative estimate of drug-likeness (QED) is 0.444. The van der Waals surface area contributed by atoms with Gasteiger partial charge in [-0.1, -0.05) is 6.42 Å². The molecule has 0 aromatic carbocycles. The summed E-state index contributed by atoms with van der Waals surface area (Å²) in [5, 5.41) is 15.4. The summed E-state index contributed by atoms with van der Waals surface area (Å²) in [6.45, 7) is 1.90. The molecule has 6 nitrogen and oxygen atoms in total. The third kappa shape index (κ3) is 1.91. The number of nitrogens with zero attached hydrogens (tertiary/aromatic N) is 3. The van der Waals surface area contributed by atoms with Crippen LogP contribution in [-0.2, 0) is 0 Å². The molecular formula is C9H17N5O. The molecule has 0 bridgehead atoms. The van der Waals surface area contributed by atoms with Crippen molar-refractivity contribution in [1.29, 1.82) is 0 Å². The van der Waals surface area contributed by atoms with Crippen LogP contribution < -0.4 is 11.5 Å². The highest BCUT2D eigenvalue weighted by molar-refractivity contribution is 5.87. The molecule has 2 rings (SSSR count). The lowest BCUT2D eigenvalue weighted by Crippen LogP contribution is -2.58. The lowest BCUT2D eigenvalue weighted by atomic mass is 10.2. The first-order chi connectivity index (χ1) is 7.20. The highest BCUT2D eigenvalue weighted by Gasteiger charge is 2.26. The summed E-state index contributed by atoms with van der Waals surface area (Å²) in [6, 6.07) is 0. The molecular weight excluding hydrogens is 194 g/mol. The maximum absolute atomic E-state index is 11.5. The third-order valence-corrected chi connectivity index (χ3v) is 2.82. The number of hydrogen-bond acceptors (Lipinski definition) is 5. The number of hydrazine groups is 1. The van der Waals surface area contributed by atoms with Crippen molar-refractivity contribution in [2.24, 2.45) is 11.5 Å². The zero-order valence-electron chi connectivity index (χ0n) is 8.67. The van der Waals surface area contributed by atoms with Crippen LogP contribution in [0.3, 0.4) is 0 Å². The summed E-state index contributed by atoms with van der Waals surface area (Å²) in [5.74, 6) is 0.163. The number of piperidine rings is 1. The fraction of sp³-hybridized carbons (Fsp3) is 0.667. The van der Waals surface area contributed by atoms with E-state index in [-0.39, 0.29) is 5.84 Å². The van der Waals surface area contributed by atoms with E-state index >= 15 is 0 Å². The molecule has 0 saturated carbocycles. The first-order valence-corrected chi connectivity index (χ1v) is 5.26. The summed E-state index contributed by atoms with van der Waals surface area (Å²) in [6.07, 6.45) is 6.18. The van der Waals surface area contributed by atoms with Gasteiger partial charge in [0.15, 0.2) is 0 Å². The average Bonchev–Trinajstić information content (AvgIpc) is 2.27. The summed E-state index contributed by atoms with van der Waals surface area (Å²) in [4.78, 5) is 0. The molecule has 0 aromatic heterocycles. The van der Waals surface area contributed by atoms with Crippen LogP contribution in [-0.4, -0.2) is 40.0 Å². The Hall–Kier alpha value is -1.27. The number of amidine groups is 1. The second kappa shape index (κ2) is 4.08. The van der Waals surface area contributed by atoms with E-state index in [1.807, 2.05) is 0 Å². The fourth-order valence-electron chi connectivity index (χ4n) is 1.94. The van der Waals surface area contributed by atoms with Crippen molar-refractivity contribution in [3.63, 3.8) is 0 Å². The monoisotopic (exact) mass is 211 g/mol. The van der Waals surface area contributed by atoms with Crippen molar-refractivity contribution in [2.45, 2.75) is 25.6 Å². The zero-order chi connectivity index (χ0) is 10.8. The van der Waals surface area contributed by atoms with Gasteiger partial charge in [-0.15, -0.1) is 0 Å². The number of hydrogen-bond donors (Lipinski definition) is 2. The van der Waals surface area contributed by atoms with Gasteiger partial charge in [0.1, 0.15) is 0 Å². The van der Waals surface area contributed by atoms with Crippen LogP contribution in [0.5, 0.6) is 0 Å². The number of rotatable bonds is 1. The highest BCUT2D eigenvalue weighted by atomic mass is 16.5. The van der Waals surface area contributed by atoms with Crippen LogP contribution in [0.4, 0.5) is 0 Å². The van der Waals surface area contributed by atoms with Crippen LogP contribution >= 0.6 is 0 Å². The van der Waals surface area contributed by atoms with Crippen LogP contribution in [0, 0.1) is 5.21 Å². The minimum atomic E-state index is -0.729. The summed E-state index contributed by atoms with van der Waals surface area (Å²) in [7, 11) is 0. The number of hydroxylamine groups is 1. The fourth-order valence-corrected chi connectivity index (χ4v) is 1.94. The number of nitrogens with two attached hydrogens (primary N) is 2. The van der Waals surface area contributed by atoms with Crippen molar-refractivity contribution in [1.82, 2.24) is 10.0 Å². The Morgan fingerprint density at radius 1 is 1.33 bits per heavy atom. The summed E-state index contributed by atoms with van der Waals surface area (Å²) < 4.78 is 0.634. The molecule has 0 aromatic rings. The van der Waals surface area contributed by atoms with Crippen molar-refractivity contribution in [3.05, 3.63) is 17.5 Å². The molecule has 2 aliphatic heterocycles. The lowest BCUT2D eigenvalue weighted by Gasteiger charge is -2.41. The highest BCUT2D eigenvalue weighted by Crippen LogP contribution is 2.14. The van der Waals surface area contributed by atoms with E-state index in [9.17, 15) is 5.21 Å². The van der Waals surface area contributed by atoms with E-state index in [1.165, 1.54) is 6.42 Å².